The first-order valence-electron chi connectivity index (χ1n) is 12.2. The highest BCUT2D eigenvalue weighted by atomic mass is 16.5. The van der Waals surface area contributed by atoms with E-state index in [4.69, 9.17) is 9.47 Å². The molecule has 0 radical (unpaired) electrons. The molecule has 1 saturated heterocycles. The van der Waals surface area contributed by atoms with Crippen LogP contribution in [0.25, 0.3) is 0 Å². The monoisotopic (exact) mass is 526 g/mol. The predicted octanol–water partition coefficient (Wildman–Crippen LogP) is 1.96. The fraction of sp³-hybridized carbons (Fsp3) is 0.429. The molecule has 1 aliphatic rings. The Balaban J connectivity index is 1.92. The van der Waals surface area contributed by atoms with Crippen molar-refractivity contribution < 1.29 is 38.9 Å². The van der Waals surface area contributed by atoms with E-state index in [1.165, 1.54) is 20.1 Å². The van der Waals surface area contributed by atoms with Gasteiger partial charge < -0.3 is 29.9 Å². The molecular weight excluding hydrogens is 492 g/mol. The van der Waals surface area contributed by atoms with Gasteiger partial charge in [0.25, 0.3) is 11.8 Å². The second kappa shape index (κ2) is 11.7. The number of carboxylic acid groups (broad SMARTS) is 1. The smallest absolute Gasteiger partial charge is 0.327 e. The van der Waals surface area contributed by atoms with Gasteiger partial charge in [-0.2, -0.15) is 0 Å². The largest absolute Gasteiger partial charge is 0.480 e. The van der Waals surface area contributed by atoms with Gasteiger partial charge in [-0.25, -0.2) is 4.79 Å². The van der Waals surface area contributed by atoms with Gasteiger partial charge >= 0.3 is 11.9 Å². The molecule has 0 spiro atoms. The molecule has 2 amide bonds. The number of aliphatic hydroxyl groups excluding tert-OH is 1. The first kappa shape index (κ1) is 28.8. The van der Waals surface area contributed by atoms with Crippen LogP contribution in [0.2, 0.25) is 0 Å². The number of carbonyl (C=O) groups excluding carboxylic acids is 3. The SMILES string of the molecule is CO[C@H]1CN(C(=O)[C@@H](O)C(Cc2ccccc2)NC(=O)c2cccc(OC(C)=O)c2C)[C@H](C(=O)O)C1(C)C. The number of hydrogen-bond acceptors (Lipinski definition) is 7. The van der Waals surface area contributed by atoms with E-state index >= 15 is 0 Å². The number of nitrogens with one attached hydrogen (secondary N) is 1. The third-order valence-corrected chi connectivity index (χ3v) is 7.04. The maximum Gasteiger partial charge on any atom is 0.327 e. The minimum Gasteiger partial charge on any atom is -0.480 e. The number of ether oxygens (including phenoxy) is 2. The molecule has 1 heterocycles. The van der Waals surface area contributed by atoms with Crippen LogP contribution in [0, 0.1) is 12.3 Å². The second-order valence-corrected chi connectivity index (χ2v) is 10.0. The summed E-state index contributed by atoms with van der Waals surface area (Å²) in [5, 5.41) is 23.9. The van der Waals surface area contributed by atoms with E-state index in [2.05, 4.69) is 5.32 Å². The van der Waals surface area contributed by atoms with Crippen molar-refractivity contribution in [2.24, 2.45) is 5.41 Å². The average molecular weight is 527 g/mol. The summed E-state index contributed by atoms with van der Waals surface area (Å²) in [5.41, 5.74) is 0.449. The third kappa shape index (κ3) is 6.03. The molecule has 3 N–H and O–H groups in total. The topological polar surface area (TPSA) is 142 Å². The number of benzene rings is 2. The van der Waals surface area contributed by atoms with E-state index < -0.39 is 53.5 Å². The summed E-state index contributed by atoms with van der Waals surface area (Å²) < 4.78 is 10.6. The lowest BCUT2D eigenvalue weighted by Gasteiger charge is -2.33. The van der Waals surface area contributed by atoms with Crippen molar-refractivity contribution in [3.05, 3.63) is 65.2 Å². The van der Waals surface area contributed by atoms with Crippen LogP contribution < -0.4 is 10.1 Å². The van der Waals surface area contributed by atoms with Crippen molar-refractivity contribution in [3.63, 3.8) is 0 Å². The number of aliphatic hydroxyl groups is 1. The molecule has 204 valence electrons. The molecule has 4 atom stereocenters. The van der Waals surface area contributed by atoms with Crippen molar-refractivity contribution >= 4 is 23.8 Å². The number of aliphatic carboxylic acids is 1. The van der Waals surface area contributed by atoms with Gasteiger partial charge in [-0.3, -0.25) is 14.4 Å². The predicted molar refractivity (Wildman–Crippen MR) is 138 cm³/mol. The van der Waals surface area contributed by atoms with Gasteiger partial charge in [-0.15, -0.1) is 0 Å². The maximum atomic E-state index is 13.5. The highest BCUT2D eigenvalue weighted by Crippen LogP contribution is 2.39. The lowest BCUT2D eigenvalue weighted by atomic mass is 9.82. The van der Waals surface area contributed by atoms with Crippen molar-refractivity contribution in [2.45, 2.75) is 58.4 Å². The molecule has 2 aromatic rings. The fourth-order valence-corrected chi connectivity index (χ4v) is 4.97. The Bertz CT molecular complexity index is 1200. The molecule has 3 rings (SSSR count). The number of nitrogens with zero attached hydrogens (tertiary/aromatic N) is 1. The second-order valence-electron chi connectivity index (χ2n) is 10.0. The summed E-state index contributed by atoms with van der Waals surface area (Å²) >= 11 is 0. The van der Waals surface area contributed by atoms with E-state index in [0.717, 1.165) is 10.5 Å². The van der Waals surface area contributed by atoms with Crippen LogP contribution in [0.15, 0.2) is 48.5 Å². The molecule has 0 saturated carbocycles. The molecule has 1 unspecified atom stereocenters. The molecule has 1 aliphatic heterocycles. The number of carbonyl (C=O) groups is 4. The van der Waals surface area contributed by atoms with Crippen molar-refractivity contribution in [2.75, 3.05) is 13.7 Å². The molecule has 10 nitrogen and oxygen atoms in total. The van der Waals surface area contributed by atoms with Gasteiger partial charge in [-0.1, -0.05) is 50.2 Å². The maximum absolute atomic E-state index is 13.5. The molecule has 0 bridgehead atoms. The van der Waals surface area contributed by atoms with E-state index in [1.807, 2.05) is 6.07 Å². The zero-order chi connectivity index (χ0) is 28.2. The average Bonchev–Trinajstić information content (AvgIpc) is 3.14. The van der Waals surface area contributed by atoms with Crippen LogP contribution in [0.4, 0.5) is 0 Å². The lowest BCUT2D eigenvalue weighted by Crippen LogP contribution is -2.56. The summed E-state index contributed by atoms with van der Waals surface area (Å²) in [7, 11) is 1.44. The van der Waals surface area contributed by atoms with Gasteiger partial charge in [0, 0.05) is 37.1 Å². The highest BCUT2D eigenvalue weighted by molar-refractivity contribution is 5.97. The number of carboxylic acids is 1. The molecule has 10 heteroatoms. The first-order valence-corrected chi connectivity index (χ1v) is 12.2. The number of rotatable bonds is 9. The number of methoxy groups -OCH3 is 1. The zero-order valence-electron chi connectivity index (χ0n) is 22.1. The minimum absolute atomic E-state index is 0.0219. The lowest BCUT2D eigenvalue weighted by molar-refractivity contribution is -0.155. The van der Waals surface area contributed by atoms with Crippen molar-refractivity contribution in [3.8, 4) is 5.75 Å². The normalized spacial score (nSPS) is 19.9. The Morgan fingerprint density at radius 2 is 1.76 bits per heavy atom. The van der Waals surface area contributed by atoms with Crippen LogP contribution in [0.3, 0.4) is 0 Å². The fourth-order valence-electron chi connectivity index (χ4n) is 4.97. The van der Waals surface area contributed by atoms with Gasteiger partial charge in [-0.05, 0) is 31.0 Å². The van der Waals surface area contributed by atoms with Gasteiger partial charge in [0.1, 0.15) is 11.8 Å². The van der Waals surface area contributed by atoms with Crippen LogP contribution in [0.1, 0.15) is 42.3 Å². The zero-order valence-corrected chi connectivity index (χ0v) is 22.1. The number of hydrogen-bond donors (Lipinski definition) is 3. The molecule has 0 aromatic heterocycles. The van der Waals surface area contributed by atoms with Gasteiger partial charge in [0.15, 0.2) is 6.10 Å². The molecule has 0 aliphatic carbocycles. The molecule has 2 aromatic carbocycles. The third-order valence-electron chi connectivity index (χ3n) is 7.04. The Morgan fingerprint density at radius 3 is 2.34 bits per heavy atom. The highest BCUT2D eigenvalue weighted by Gasteiger charge is 2.55. The summed E-state index contributed by atoms with van der Waals surface area (Å²) in [6.45, 7) is 6.24. The van der Waals surface area contributed by atoms with Crippen LogP contribution in [-0.4, -0.2) is 76.8 Å². The number of likely N-dealkylation sites (tertiary alicyclic amines) is 1. The Morgan fingerprint density at radius 1 is 1.11 bits per heavy atom. The number of amides is 2. The van der Waals surface area contributed by atoms with Gasteiger partial charge in [0.05, 0.1) is 12.1 Å². The molecule has 38 heavy (non-hydrogen) atoms. The summed E-state index contributed by atoms with van der Waals surface area (Å²) in [4.78, 5) is 51.6. The van der Waals surface area contributed by atoms with E-state index in [0.29, 0.717) is 5.56 Å². The molecule has 1 fully saturated rings. The van der Waals surface area contributed by atoms with Crippen LogP contribution in [-0.2, 0) is 25.5 Å². The summed E-state index contributed by atoms with van der Waals surface area (Å²) in [6, 6.07) is 11.3. The summed E-state index contributed by atoms with van der Waals surface area (Å²) in [5.74, 6) is -2.94. The van der Waals surface area contributed by atoms with Crippen LogP contribution >= 0.6 is 0 Å². The Kier molecular flexibility index (Phi) is 8.90. The first-order chi connectivity index (χ1) is 17.9. The van der Waals surface area contributed by atoms with Gasteiger partial charge in [0.2, 0.25) is 0 Å². The Hall–Kier alpha value is -3.76. The standard InChI is InChI=1S/C28H34N2O8/c1-16-19(12-9-13-21(16)38-17(2)31)25(33)29-20(14-18-10-7-6-8-11-18)23(32)26(34)30-15-22(37-5)28(3,4)24(30)27(35)36/h6-13,20,22-24,32H,14-15H2,1-5H3,(H,29,33)(H,35,36)/t20?,22-,23-,24+/m0/s1. The minimum atomic E-state index is -1.75. The Labute approximate surface area is 221 Å². The van der Waals surface area contributed by atoms with Crippen LogP contribution in [0.5, 0.6) is 5.75 Å². The number of esters is 1. The molecular formula is C28H34N2O8. The van der Waals surface area contributed by atoms with E-state index in [1.54, 1.807) is 57.2 Å². The van der Waals surface area contributed by atoms with Crippen molar-refractivity contribution in [1.29, 1.82) is 0 Å². The summed E-state index contributed by atoms with van der Waals surface area (Å²) in [6.07, 6.45) is -2.21. The van der Waals surface area contributed by atoms with E-state index in [9.17, 15) is 29.4 Å². The quantitative estimate of drug-likeness (QED) is 0.333. The van der Waals surface area contributed by atoms with E-state index in [-0.39, 0.29) is 24.3 Å². The van der Waals surface area contributed by atoms with Crippen molar-refractivity contribution in [1.82, 2.24) is 10.2 Å².